The van der Waals surface area contributed by atoms with Crippen molar-refractivity contribution in [3.05, 3.63) is 72.3 Å². The van der Waals surface area contributed by atoms with Crippen molar-refractivity contribution in [2.45, 2.75) is 24.7 Å². The number of unbranched alkanes of at least 4 members (excludes halogenated alkanes) is 1. The maximum atomic E-state index is 12.5. The van der Waals surface area contributed by atoms with Gasteiger partial charge in [-0.05, 0) is 53.6 Å². The summed E-state index contributed by atoms with van der Waals surface area (Å²) in [5.41, 5.74) is 2.56. The third-order valence-corrected chi connectivity index (χ3v) is 5.46. The number of hydrazine groups is 1. The molecule has 0 atom stereocenters. The molecule has 3 rings (SSSR count). The normalized spacial score (nSPS) is 11.3. The molecule has 2 N–H and O–H groups in total. The van der Waals surface area contributed by atoms with Crippen molar-refractivity contribution in [3.63, 3.8) is 0 Å². The van der Waals surface area contributed by atoms with Crippen LogP contribution in [0.5, 0.6) is 5.75 Å². The molecule has 28 heavy (non-hydrogen) atoms. The minimum Gasteiger partial charge on any atom is -0.494 e. The van der Waals surface area contributed by atoms with E-state index in [0.29, 0.717) is 17.9 Å². The zero-order chi connectivity index (χ0) is 20.0. The van der Waals surface area contributed by atoms with Crippen molar-refractivity contribution < 1.29 is 17.9 Å². The lowest BCUT2D eigenvalue weighted by Crippen LogP contribution is -2.41. The number of carbonyl (C=O) groups is 1. The highest BCUT2D eigenvalue weighted by atomic mass is 32.2. The standard InChI is InChI=1S/C21H22N2O4S/c1-2-3-14-27-19-11-8-17(9-12-19)21(24)22-23-28(25,26)20-13-10-16-6-4-5-7-18(16)15-20/h4-13,15,23H,2-3,14H2,1H3,(H,22,24). The minimum absolute atomic E-state index is 0.0752. The number of benzene rings is 3. The number of hydrogen-bond donors (Lipinski definition) is 2. The monoisotopic (exact) mass is 398 g/mol. The molecule has 146 valence electrons. The van der Waals surface area contributed by atoms with Crippen molar-refractivity contribution >= 4 is 26.7 Å². The molecule has 0 unspecified atom stereocenters. The van der Waals surface area contributed by atoms with Gasteiger partial charge in [-0.3, -0.25) is 10.2 Å². The zero-order valence-electron chi connectivity index (χ0n) is 15.5. The van der Waals surface area contributed by atoms with E-state index in [9.17, 15) is 13.2 Å². The Hall–Kier alpha value is -2.90. The van der Waals surface area contributed by atoms with Crippen LogP contribution in [0.4, 0.5) is 0 Å². The predicted octanol–water partition coefficient (Wildman–Crippen LogP) is 3.64. The van der Waals surface area contributed by atoms with Crippen LogP contribution >= 0.6 is 0 Å². The number of nitrogens with one attached hydrogen (secondary N) is 2. The van der Waals surface area contributed by atoms with Gasteiger partial charge >= 0.3 is 0 Å². The van der Waals surface area contributed by atoms with Crippen molar-refractivity contribution in [1.82, 2.24) is 10.3 Å². The second kappa shape index (κ2) is 8.86. The summed E-state index contributed by atoms with van der Waals surface area (Å²) in [6.45, 7) is 2.70. The number of rotatable bonds is 8. The van der Waals surface area contributed by atoms with Gasteiger partial charge < -0.3 is 4.74 Å². The van der Waals surface area contributed by atoms with Gasteiger partial charge in [-0.15, -0.1) is 4.83 Å². The first-order chi connectivity index (χ1) is 13.5. The van der Waals surface area contributed by atoms with Gasteiger partial charge in [0.05, 0.1) is 11.5 Å². The molecule has 0 aliphatic carbocycles. The summed E-state index contributed by atoms with van der Waals surface area (Å²) < 4.78 is 30.5. The Labute approximate surface area is 164 Å². The first-order valence-electron chi connectivity index (χ1n) is 9.03. The van der Waals surface area contributed by atoms with E-state index in [4.69, 9.17) is 4.74 Å². The van der Waals surface area contributed by atoms with E-state index in [0.717, 1.165) is 23.6 Å². The van der Waals surface area contributed by atoms with E-state index in [2.05, 4.69) is 17.2 Å². The molecule has 7 heteroatoms. The Morgan fingerprint density at radius 1 is 0.964 bits per heavy atom. The van der Waals surface area contributed by atoms with E-state index in [1.165, 1.54) is 6.07 Å². The number of carbonyl (C=O) groups excluding carboxylic acids is 1. The summed E-state index contributed by atoms with van der Waals surface area (Å²) >= 11 is 0. The highest BCUT2D eigenvalue weighted by molar-refractivity contribution is 7.89. The smallest absolute Gasteiger partial charge is 0.266 e. The molecule has 0 radical (unpaired) electrons. The Balaban J connectivity index is 1.63. The Kier molecular flexibility index (Phi) is 6.28. The molecule has 3 aromatic carbocycles. The second-order valence-electron chi connectivity index (χ2n) is 6.29. The summed E-state index contributed by atoms with van der Waals surface area (Å²) in [6, 6.07) is 18.8. The highest BCUT2D eigenvalue weighted by Gasteiger charge is 2.16. The van der Waals surface area contributed by atoms with Gasteiger partial charge in [0.1, 0.15) is 5.75 Å². The molecule has 6 nitrogen and oxygen atoms in total. The van der Waals surface area contributed by atoms with Crippen LogP contribution in [-0.4, -0.2) is 20.9 Å². The average Bonchev–Trinajstić information content (AvgIpc) is 2.72. The van der Waals surface area contributed by atoms with Gasteiger partial charge in [0.15, 0.2) is 0 Å². The van der Waals surface area contributed by atoms with Gasteiger partial charge in [0.2, 0.25) is 0 Å². The summed E-state index contributed by atoms with van der Waals surface area (Å²) in [4.78, 5) is 14.4. The van der Waals surface area contributed by atoms with E-state index < -0.39 is 15.9 Å². The van der Waals surface area contributed by atoms with Gasteiger partial charge in [-0.1, -0.05) is 43.7 Å². The number of sulfonamides is 1. The molecule has 0 aromatic heterocycles. The van der Waals surface area contributed by atoms with Gasteiger partial charge in [-0.25, -0.2) is 8.42 Å². The Morgan fingerprint density at radius 3 is 2.39 bits per heavy atom. The van der Waals surface area contributed by atoms with Crippen molar-refractivity contribution in [2.75, 3.05) is 6.61 Å². The average molecular weight is 398 g/mol. The van der Waals surface area contributed by atoms with Crippen LogP contribution in [0.25, 0.3) is 10.8 Å². The molecule has 3 aromatic rings. The van der Waals surface area contributed by atoms with Gasteiger partial charge in [0, 0.05) is 5.56 Å². The first kappa shape index (κ1) is 19.9. The Bertz CT molecular complexity index is 1060. The van der Waals surface area contributed by atoms with E-state index in [-0.39, 0.29) is 4.90 Å². The number of hydrogen-bond acceptors (Lipinski definition) is 4. The molecular weight excluding hydrogens is 376 g/mol. The van der Waals surface area contributed by atoms with Crippen LogP contribution in [0.2, 0.25) is 0 Å². The first-order valence-corrected chi connectivity index (χ1v) is 10.5. The molecule has 0 bridgehead atoms. The molecule has 0 saturated carbocycles. The predicted molar refractivity (Wildman–Crippen MR) is 109 cm³/mol. The molecule has 0 aliphatic heterocycles. The van der Waals surface area contributed by atoms with Crippen LogP contribution in [-0.2, 0) is 10.0 Å². The maximum absolute atomic E-state index is 12.5. The SMILES string of the molecule is CCCCOc1ccc(C(=O)NNS(=O)(=O)c2ccc3ccccc3c2)cc1. The Morgan fingerprint density at radius 2 is 1.68 bits per heavy atom. The molecule has 1 amide bonds. The van der Waals surface area contributed by atoms with Crippen LogP contribution in [0.3, 0.4) is 0 Å². The lowest BCUT2D eigenvalue weighted by atomic mass is 10.1. The molecule has 0 spiro atoms. The van der Waals surface area contributed by atoms with Crippen LogP contribution in [0, 0.1) is 0 Å². The third kappa shape index (κ3) is 4.88. The number of amides is 1. The summed E-state index contributed by atoms with van der Waals surface area (Å²) in [5.74, 6) is 0.117. The highest BCUT2D eigenvalue weighted by Crippen LogP contribution is 2.18. The second-order valence-corrected chi connectivity index (χ2v) is 7.98. The zero-order valence-corrected chi connectivity index (χ0v) is 16.3. The van der Waals surface area contributed by atoms with E-state index in [1.807, 2.05) is 24.3 Å². The quantitative estimate of drug-likeness (QED) is 0.448. The van der Waals surface area contributed by atoms with Gasteiger partial charge in [-0.2, -0.15) is 0 Å². The lowest BCUT2D eigenvalue weighted by molar-refractivity contribution is 0.0945. The summed E-state index contributed by atoms with van der Waals surface area (Å²) in [6.07, 6.45) is 2.00. The topological polar surface area (TPSA) is 84.5 Å². The summed E-state index contributed by atoms with van der Waals surface area (Å²) in [7, 11) is -3.88. The van der Waals surface area contributed by atoms with Crippen molar-refractivity contribution in [1.29, 1.82) is 0 Å². The fraction of sp³-hybridized carbons (Fsp3) is 0.190. The maximum Gasteiger partial charge on any atom is 0.266 e. The lowest BCUT2D eigenvalue weighted by Gasteiger charge is -2.10. The van der Waals surface area contributed by atoms with Crippen LogP contribution < -0.4 is 15.0 Å². The number of ether oxygens (including phenoxy) is 1. The summed E-state index contributed by atoms with van der Waals surface area (Å²) in [5, 5.41) is 1.74. The minimum atomic E-state index is -3.88. The third-order valence-electron chi connectivity index (χ3n) is 4.21. The molecule has 0 fully saturated rings. The molecule has 0 saturated heterocycles. The molecular formula is C21H22N2O4S. The van der Waals surface area contributed by atoms with E-state index in [1.54, 1.807) is 36.4 Å². The van der Waals surface area contributed by atoms with Crippen LogP contribution in [0.1, 0.15) is 30.1 Å². The largest absolute Gasteiger partial charge is 0.494 e. The molecule has 0 heterocycles. The van der Waals surface area contributed by atoms with Crippen molar-refractivity contribution in [2.24, 2.45) is 0 Å². The van der Waals surface area contributed by atoms with Gasteiger partial charge in [0.25, 0.3) is 15.9 Å². The van der Waals surface area contributed by atoms with E-state index >= 15 is 0 Å². The fourth-order valence-corrected chi connectivity index (χ4v) is 3.49. The fourth-order valence-electron chi connectivity index (χ4n) is 2.62. The van der Waals surface area contributed by atoms with Crippen molar-refractivity contribution in [3.8, 4) is 5.75 Å². The molecule has 0 aliphatic rings. The van der Waals surface area contributed by atoms with Crippen LogP contribution in [0.15, 0.2) is 71.6 Å². The number of fused-ring (bicyclic) bond motifs is 1.